The molecule has 1 aromatic rings. The minimum atomic E-state index is 0.662. The SMILES string of the molecule is C/C=C/C=C/CCC[Se]c1ccccc1. The fourth-order valence-corrected chi connectivity index (χ4v) is 3.07. The molecule has 0 aliphatic carbocycles. The monoisotopic (exact) mass is 266 g/mol. The van der Waals surface area contributed by atoms with Crippen LogP contribution in [0, 0.1) is 0 Å². The third-order valence-electron chi connectivity index (χ3n) is 1.97. The molecule has 0 aliphatic rings. The summed E-state index contributed by atoms with van der Waals surface area (Å²) >= 11 is 0.662. The van der Waals surface area contributed by atoms with Crippen molar-refractivity contribution in [3.05, 3.63) is 54.6 Å². The summed E-state index contributed by atoms with van der Waals surface area (Å²) in [4.78, 5) is 0. The Labute approximate surface area is 99.3 Å². The molecule has 0 spiro atoms. The number of allylic oxidation sites excluding steroid dienone is 4. The fourth-order valence-electron chi connectivity index (χ4n) is 1.19. The molecule has 0 fully saturated rings. The van der Waals surface area contributed by atoms with E-state index in [-0.39, 0.29) is 0 Å². The molecule has 0 nitrogen and oxygen atoms in total. The first-order valence-electron chi connectivity index (χ1n) is 5.39. The number of unbranched alkanes of at least 4 members (excludes halogenated alkanes) is 1. The van der Waals surface area contributed by atoms with E-state index in [0.717, 1.165) is 0 Å². The van der Waals surface area contributed by atoms with Gasteiger partial charge < -0.3 is 0 Å². The molecule has 0 bridgehead atoms. The van der Waals surface area contributed by atoms with E-state index in [1.807, 2.05) is 6.92 Å². The molecule has 0 saturated heterocycles. The molecule has 0 radical (unpaired) electrons. The van der Waals surface area contributed by atoms with E-state index in [4.69, 9.17) is 0 Å². The van der Waals surface area contributed by atoms with Gasteiger partial charge in [-0.3, -0.25) is 0 Å². The van der Waals surface area contributed by atoms with Crippen molar-refractivity contribution in [2.75, 3.05) is 0 Å². The van der Waals surface area contributed by atoms with Crippen LogP contribution in [0.15, 0.2) is 54.6 Å². The summed E-state index contributed by atoms with van der Waals surface area (Å²) in [6, 6.07) is 10.8. The van der Waals surface area contributed by atoms with E-state index in [2.05, 4.69) is 54.6 Å². The number of hydrogen-bond donors (Lipinski definition) is 0. The van der Waals surface area contributed by atoms with Crippen LogP contribution in [-0.4, -0.2) is 15.0 Å². The van der Waals surface area contributed by atoms with Crippen LogP contribution < -0.4 is 4.46 Å². The molecule has 0 atom stereocenters. The van der Waals surface area contributed by atoms with E-state index in [0.29, 0.717) is 15.0 Å². The van der Waals surface area contributed by atoms with Crippen LogP contribution in [0.2, 0.25) is 5.32 Å². The van der Waals surface area contributed by atoms with E-state index in [9.17, 15) is 0 Å². The van der Waals surface area contributed by atoms with Gasteiger partial charge in [0, 0.05) is 0 Å². The zero-order valence-electron chi connectivity index (χ0n) is 9.23. The van der Waals surface area contributed by atoms with Gasteiger partial charge in [0.15, 0.2) is 0 Å². The molecule has 80 valence electrons. The first-order chi connectivity index (χ1) is 7.43. The zero-order valence-corrected chi connectivity index (χ0v) is 10.9. The van der Waals surface area contributed by atoms with Crippen LogP contribution in [0.5, 0.6) is 0 Å². The number of rotatable bonds is 6. The maximum atomic E-state index is 2.25. The van der Waals surface area contributed by atoms with Gasteiger partial charge in [-0.15, -0.1) is 0 Å². The Hall–Kier alpha value is -0.781. The van der Waals surface area contributed by atoms with Crippen molar-refractivity contribution in [3.63, 3.8) is 0 Å². The molecule has 0 unspecified atom stereocenters. The van der Waals surface area contributed by atoms with E-state index >= 15 is 0 Å². The molecule has 1 heteroatoms. The Morgan fingerprint density at radius 3 is 2.67 bits per heavy atom. The molecular formula is C14H18Se. The molecule has 0 saturated carbocycles. The van der Waals surface area contributed by atoms with Crippen LogP contribution in [0.1, 0.15) is 19.8 Å². The topological polar surface area (TPSA) is 0 Å². The van der Waals surface area contributed by atoms with Gasteiger partial charge in [0.05, 0.1) is 0 Å². The summed E-state index contributed by atoms with van der Waals surface area (Å²) in [6.45, 7) is 2.04. The predicted molar refractivity (Wildman–Crippen MR) is 69.8 cm³/mol. The van der Waals surface area contributed by atoms with Crippen LogP contribution in [0.25, 0.3) is 0 Å². The summed E-state index contributed by atoms with van der Waals surface area (Å²) in [5.74, 6) is 0. The second-order valence-electron chi connectivity index (χ2n) is 3.26. The Bertz CT molecular complexity index is 298. The molecule has 0 aliphatic heterocycles. The van der Waals surface area contributed by atoms with Crippen LogP contribution in [0.3, 0.4) is 0 Å². The van der Waals surface area contributed by atoms with E-state index < -0.39 is 0 Å². The van der Waals surface area contributed by atoms with Crippen molar-refractivity contribution in [1.29, 1.82) is 0 Å². The van der Waals surface area contributed by atoms with Gasteiger partial charge in [0.1, 0.15) is 0 Å². The summed E-state index contributed by atoms with van der Waals surface area (Å²) < 4.78 is 1.52. The molecule has 0 N–H and O–H groups in total. The average molecular weight is 265 g/mol. The predicted octanol–water partition coefficient (Wildman–Crippen LogP) is 3.35. The third-order valence-corrected chi connectivity index (χ3v) is 4.27. The summed E-state index contributed by atoms with van der Waals surface area (Å²) in [5, 5.41) is 1.34. The standard InChI is InChI=1S/C14H18Se/c1-2-3-4-5-6-10-13-15-14-11-8-7-9-12-14/h2-5,7-9,11-12H,6,10,13H2,1H3/b3-2+,5-4+. The molecule has 1 aromatic carbocycles. The van der Waals surface area contributed by atoms with Crippen LogP contribution >= 0.6 is 0 Å². The molecule has 0 aromatic heterocycles. The third kappa shape index (κ3) is 6.33. The number of hydrogen-bond acceptors (Lipinski definition) is 0. The van der Waals surface area contributed by atoms with E-state index in [1.165, 1.54) is 22.6 Å². The second-order valence-corrected chi connectivity index (χ2v) is 5.71. The zero-order chi connectivity index (χ0) is 10.8. The van der Waals surface area contributed by atoms with Gasteiger partial charge in [-0.2, -0.15) is 0 Å². The average Bonchev–Trinajstić information content (AvgIpc) is 2.29. The van der Waals surface area contributed by atoms with Crippen LogP contribution in [0.4, 0.5) is 0 Å². The van der Waals surface area contributed by atoms with Gasteiger partial charge in [0.25, 0.3) is 0 Å². The number of benzene rings is 1. The van der Waals surface area contributed by atoms with Crippen molar-refractivity contribution in [2.45, 2.75) is 25.1 Å². The molecular weight excluding hydrogens is 247 g/mol. The van der Waals surface area contributed by atoms with Gasteiger partial charge in [-0.05, 0) is 0 Å². The van der Waals surface area contributed by atoms with Gasteiger partial charge in [-0.25, -0.2) is 0 Å². The first-order valence-corrected chi connectivity index (χ1v) is 7.46. The molecule has 1 rings (SSSR count). The van der Waals surface area contributed by atoms with E-state index in [1.54, 1.807) is 0 Å². The Morgan fingerprint density at radius 2 is 1.93 bits per heavy atom. The van der Waals surface area contributed by atoms with Gasteiger partial charge in [-0.1, -0.05) is 0 Å². The maximum absolute atomic E-state index is 2.25. The second kappa shape index (κ2) is 8.52. The summed E-state index contributed by atoms with van der Waals surface area (Å²) in [5.41, 5.74) is 0. The van der Waals surface area contributed by atoms with Crippen molar-refractivity contribution in [2.24, 2.45) is 0 Å². The Kier molecular flexibility index (Phi) is 6.98. The Morgan fingerprint density at radius 1 is 1.13 bits per heavy atom. The van der Waals surface area contributed by atoms with Crippen molar-refractivity contribution < 1.29 is 0 Å². The van der Waals surface area contributed by atoms with Crippen molar-refractivity contribution >= 4 is 19.4 Å². The first kappa shape index (κ1) is 12.3. The van der Waals surface area contributed by atoms with Crippen molar-refractivity contribution in [1.82, 2.24) is 0 Å². The van der Waals surface area contributed by atoms with Crippen molar-refractivity contribution in [3.8, 4) is 0 Å². The van der Waals surface area contributed by atoms with Crippen LogP contribution in [-0.2, 0) is 0 Å². The minimum absolute atomic E-state index is 0.662. The molecule has 15 heavy (non-hydrogen) atoms. The fraction of sp³-hybridized carbons (Fsp3) is 0.286. The quantitative estimate of drug-likeness (QED) is 0.420. The summed E-state index contributed by atoms with van der Waals surface area (Å²) in [7, 11) is 0. The van der Waals surface area contributed by atoms with Gasteiger partial charge >= 0.3 is 99.1 Å². The summed E-state index contributed by atoms with van der Waals surface area (Å²) in [6.07, 6.45) is 11.0. The molecule has 0 heterocycles. The normalized spacial score (nSPS) is 11.5. The molecule has 0 amide bonds. The Balaban J connectivity index is 2.07. The van der Waals surface area contributed by atoms with Gasteiger partial charge in [0.2, 0.25) is 0 Å².